The van der Waals surface area contributed by atoms with E-state index in [0.29, 0.717) is 0 Å². The third-order valence-electron chi connectivity index (χ3n) is 2.18. The first-order valence-electron chi connectivity index (χ1n) is 5.41. The number of hydrogen-bond acceptors (Lipinski definition) is 4. The van der Waals surface area contributed by atoms with Crippen molar-refractivity contribution >= 4 is 11.8 Å². The Morgan fingerprint density at radius 1 is 1.28 bits per heavy atom. The first kappa shape index (κ1) is 15.9. The normalized spacial score (nSPS) is 12.6. The quantitative estimate of drug-likeness (QED) is 0.275. The van der Waals surface area contributed by atoms with Crippen LogP contribution in [0.25, 0.3) is 0 Å². The lowest BCUT2D eigenvalue weighted by molar-refractivity contribution is -0.139. The Hall–Kier alpha value is -2.08. The van der Waals surface area contributed by atoms with Gasteiger partial charge in [0.25, 0.3) is 0 Å². The SMILES string of the molecule is CC(C)[C@H](N)C(=O)O.NC(=NO)c1ccccc1. The Bertz CT molecular complexity index is 391. The summed E-state index contributed by atoms with van der Waals surface area (Å²) in [6.07, 6.45) is 0. The van der Waals surface area contributed by atoms with E-state index < -0.39 is 12.0 Å². The van der Waals surface area contributed by atoms with Crippen LogP contribution in [0.4, 0.5) is 0 Å². The molecule has 100 valence electrons. The van der Waals surface area contributed by atoms with Crippen molar-refractivity contribution in [3.05, 3.63) is 35.9 Å². The number of aliphatic carboxylic acids is 1. The molecular formula is C12H19N3O3. The van der Waals surface area contributed by atoms with Crippen molar-refractivity contribution < 1.29 is 15.1 Å². The zero-order valence-corrected chi connectivity index (χ0v) is 10.4. The fourth-order valence-corrected chi connectivity index (χ4v) is 0.952. The average Bonchev–Trinajstić information content (AvgIpc) is 2.38. The fraction of sp³-hybridized carbons (Fsp3) is 0.333. The van der Waals surface area contributed by atoms with Gasteiger partial charge in [0.05, 0.1) is 0 Å². The van der Waals surface area contributed by atoms with Crippen molar-refractivity contribution in [1.29, 1.82) is 0 Å². The van der Waals surface area contributed by atoms with Gasteiger partial charge >= 0.3 is 5.97 Å². The van der Waals surface area contributed by atoms with Gasteiger partial charge in [0.2, 0.25) is 0 Å². The molecule has 1 aromatic carbocycles. The van der Waals surface area contributed by atoms with Gasteiger partial charge in [-0.3, -0.25) is 4.79 Å². The van der Waals surface area contributed by atoms with E-state index in [2.05, 4.69) is 5.16 Å². The molecule has 6 N–H and O–H groups in total. The highest BCUT2D eigenvalue weighted by Crippen LogP contribution is 1.96. The molecule has 1 aromatic rings. The van der Waals surface area contributed by atoms with Crippen LogP contribution in [0, 0.1) is 5.92 Å². The highest BCUT2D eigenvalue weighted by molar-refractivity contribution is 5.96. The largest absolute Gasteiger partial charge is 0.480 e. The minimum Gasteiger partial charge on any atom is -0.480 e. The maximum absolute atomic E-state index is 10.0. The third-order valence-corrected chi connectivity index (χ3v) is 2.18. The predicted octanol–water partition coefficient (Wildman–Crippen LogP) is 0.835. The molecule has 1 rings (SSSR count). The zero-order chi connectivity index (χ0) is 14.1. The van der Waals surface area contributed by atoms with Gasteiger partial charge in [0.1, 0.15) is 6.04 Å². The summed E-state index contributed by atoms with van der Waals surface area (Å²) < 4.78 is 0. The second kappa shape index (κ2) is 8.08. The number of carbonyl (C=O) groups is 1. The van der Waals surface area contributed by atoms with Crippen LogP contribution in [-0.2, 0) is 4.79 Å². The molecule has 0 radical (unpaired) electrons. The van der Waals surface area contributed by atoms with E-state index in [0.717, 1.165) is 5.56 Å². The fourth-order valence-electron chi connectivity index (χ4n) is 0.952. The minimum atomic E-state index is -0.931. The Morgan fingerprint density at radius 3 is 2.06 bits per heavy atom. The van der Waals surface area contributed by atoms with E-state index in [1.165, 1.54) is 0 Å². The molecule has 0 heterocycles. The molecule has 0 fully saturated rings. The number of nitrogens with two attached hydrogens (primary N) is 2. The van der Waals surface area contributed by atoms with E-state index in [9.17, 15) is 4.79 Å². The molecule has 0 amide bonds. The lowest BCUT2D eigenvalue weighted by Crippen LogP contribution is -2.34. The number of hydrogen-bond donors (Lipinski definition) is 4. The molecule has 6 nitrogen and oxygen atoms in total. The van der Waals surface area contributed by atoms with E-state index in [-0.39, 0.29) is 11.8 Å². The number of nitrogens with zero attached hydrogens (tertiary/aromatic N) is 1. The third kappa shape index (κ3) is 5.86. The van der Waals surface area contributed by atoms with Crippen molar-refractivity contribution in [2.45, 2.75) is 19.9 Å². The van der Waals surface area contributed by atoms with Crippen LogP contribution in [0.1, 0.15) is 19.4 Å². The van der Waals surface area contributed by atoms with Gasteiger partial charge < -0.3 is 21.8 Å². The highest BCUT2D eigenvalue weighted by Gasteiger charge is 2.14. The maximum Gasteiger partial charge on any atom is 0.320 e. The van der Waals surface area contributed by atoms with Crippen LogP contribution in [-0.4, -0.2) is 28.2 Å². The number of benzene rings is 1. The van der Waals surface area contributed by atoms with Gasteiger partial charge in [0, 0.05) is 5.56 Å². The van der Waals surface area contributed by atoms with Crippen LogP contribution in [0.2, 0.25) is 0 Å². The molecule has 18 heavy (non-hydrogen) atoms. The summed E-state index contributed by atoms with van der Waals surface area (Å²) in [5.74, 6) is -0.770. The van der Waals surface area contributed by atoms with E-state index in [4.69, 9.17) is 21.8 Å². The predicted molar refractivity (Wildman–Crippen MR) is 69.4 cm³/mol. The lowest BCUT2D eigenvalue weighted by atomic mass is 10.1. The van der Waals surface area contributed by atoms with Gasteiger partial charge in [-0.05, 0) is 5.92 Å². The number of oxime groups is 1. The Labute approximate surface area is 106 Å². The molecule has 0 saturated heterocycles. The van der Waals surface area contributed by atoms with E-state index in [1.54, 1.807) is 26.0 Å². The zero-order valence-electron chi connectivity index (χ0n) is 10.4. The van der Waals surface area contributed by atoms with Gasteiger partial charge in [-0.1, -0.05) is 49.3 Å². The van der Waals surface area contributed by atoms with Gasteiger partial charge in [-0.2, -0.15) is 0 Å². The summed E-state index contributed by atoms with van der Waals surface area (Å²) in [5.41, 5.74) is 11.2. The Morgan fingerprint density at radius 2 is 1.78 bits per heavy atom. The Balaban J connectivity index is 0.000000331. The summed E-state index contributed by atoms with van der Waals surface area (Å²) in [4.78, 5) is 10.0. The summed E-state index contributed by atoms with van der Waals surface area (Å²) in [7, 11) is 0. The molecule has 0 bridgehead atoms. The monoisotopic (exact) mass is 253 g/mol. The molecule has 0 spiro atoms. The lowest BCUT2D eigenvalue weighted by Gasteiger charge is -2.07. The molecule has 0 aliphatic carbocycles. The molecular weight excluding hydrogens is 234 g/mol. The summed E-state index contributed by atoms with van der Waals surface area (Å²) >= 11 is 0. The van der Waals surface area contributed by atoms with Crippen LogP contribution in [0.15, 0.2) is 35.5 Å². The van der Waals surface area contributed by atoms with Crippen molar-refractivity contribution in [2.75, 3.05) is 0 Å². The number of amidine groups is 1. The molecule has 1 atom stereocenters. The number of carboxylic acids is 1. The molecule has 0 aromatic heterocycles. The summed E-state index contributed by atoms with van der Waals surface area (Å²) in [6, 6.07) is 8.36. The standard InChI is InChI=1S/C7H8N2O.C5H11NO2/c8-7(9-10)6-4-2-1-3-5-6;1-3(2)4(6)5(7)8/h1-5,10H,(H2,8,9);3-4H,6H2,1-2H3,(H,7,8)/t;4-/m.0/s1. The van der Waals surface area contributed by atoms with Gasteiger partial charge in [0.15, 0.2) is 5.84 Å². The van der Waals surface area contributed by atoms with Gasteiger partial charge in [-0.15, -0.1) is 0 Å². The topological polar surface area (TPSA) is 122 Å². The van der Waals surface area contributed by atoms with Crippen LogP contribution in [0.5, 0.6) is 0 Å². The van der Waals surface area contributed by atoms with E-state index in [1.807, 2.05) is 18.2 Å². The van der Waals surface area contributed by atoms with Crippen molar-refractivity contribution in [3.63, 3.8) is 0 Å². The average molecular weight is 253 g/mol. The molecule has 6 heteroatoms. The maximum atomic E-state index is 10.0. The number of carboxylic acid groups (broad SMARTS) is 1. The van der Waals surface area contributed by atoms with Crippen molar-refractivity contribution in [2.24, 2.45) is 22.5 Å². The van der Waals surface area contributed by atoms with Crippen LogP contribution >= 0.6 is 0 Å². The first-order valence-corrected chi connectivity index (χ1v) is 5.41. The second-order valence-electron chi connectivity index (χ2n) is 3.96. The first-order chi connectivity index (χ1) is 8.40. The molecule has 0 aliphatic heterocycles. The highest BCUT2D eigenvalue weighted by atomic mass is 16.4. The molecule has 0 aliphatic rings. The minimum absolute atomic E-state index is 0.0208. The second-order valence-corrected chi connectivity index (χ2v) is 3.96. The van der Waals surface area contributed by atoms with Crippen LogP contribution < -0.4 is 11.5 Å². The molecule has 0 unspecified atom stereocenters. The summed E-state index contributed by atoms with van der Waals surface area (Å²) in [6.45, 7) is 3.55. The van der Waals surface area contributed by atoms with Crippen molar-refractivity contribution in [3.8, 4) is 0 Å². The summed E-state index contributed by atoms with van der Waals surface area (Å²) in [5, 5.41) is 19.3. The van der Waals surface area contributed by atoms with E-state index >= 15 is 0 Å². The van der Waals surface area contributed by atoms with Crippen LogP contribution in [0.3, 0.4) is 0 Å². The Kier molecular flexibility index (Phi) is 7.14. The van der Waals surface area contributed by atoms with Gasteiger partial charge in [-0.25, -0.2) is 0 Å². The smallest absolute Gasteiger partial charge is 0.320 e. The number of rotatable bonds is 3. The van der Waals surface area contributed by atoms with Crippen molar-refractivity contribution in [1.82, 2.24) is 0 Å². The molecule has 0 saturated carbocycles.